The van der Waals surface area contributed by atoms with Crippen molar-refractivity contribution in [3.63, 3.8) is 0 Å². The average molecular weight is 246 g/mol. The number of hydrogen-bond donors (Lipinski definition) is 0. The largest absolute Gasteiger partial charge is 0.302 e. The maximum Gasteiger partial charge on any atom is 0.0638 e. The molecule has 0 amide bonds. The van der Waals surface area contributed by atoms with Gasteiger partial charge in [0.15, 0.2) is 0 Å². The second-order valence-electron chi connectivity index (χ2n) is 7.54. The van der Waals surface area contributed by atoms with Gasteiger partial charge in [0.25, 0.3) is 0 Å². The molecule has 0 saturated heterocycles. The SMILES string of the molecule is CC(CC#N)N(C)CC12CC3CC(CC(C3)C1)C2. The molecule has 0 radical (unpaired) electrons. The van der Waals surface area contributed by atoms with Crippen LogP contribution in [0.4, 0.5) is 0 Å². The van der Waals surface area contributed by atoms with Crippen molar-refractivity contribution in [1.82, 2.24) is 4.90 Å². The fourth-order valence-corrected chi connectivity index (χ4v) is 5.46. The highest BCUT2D eigenvalue weighted by molar-refractivity contribution is 5.02. The van der Waals surface area contributed by atoms with Gasteiger partial charge in [-0.3, -0.25) is 0 Å². The molecule has 0 aromatic carbocycles. The maximum atomic E-state index is 8.84. The van der Waals surface area contributed by atoms with E-state index in [4.69, 9.17) is 5.26 Å². The van der Waals surface area contributed by atoms with Crippen LogP contribution in [0.15, 0.2) is 0 Å². The summed E-state index contributed by atoms with van der Waals surface area (Å²) in [6, 6.07) is 2.73. The van der Waals surface area contributed by atoms with E-state index >= 15 is 0 Å². The lowest BCUT2D eigenvalue weighted by Gasteiger charge is -2.58. The van der Waals surface area contributed by atoms with Gasteiger partial charge in [0, 0.05) is 12.6 Å². The number of hydrogen-bond acceptors (Lipinski definition) is 2. The molecule has 100 valence electrons. The topological polar surface area (TPSA) is 27.0 Å². The van der Waals surface area contributed by atoms with E-state index in [9.17, 15) is 0 Å². The number of rotatable bonds is 4. The molecular weight excluding hydrogens is 220 g/mol. The van der Waals surface area contributed by atoms with E-state index in [2.05, 4.69) is 24.9 Å². The zero-order chi connectivity index (χ0) is 12.8. The minimum absolute atomic E-state index is 0.419. The molecule has 4 fully saturated rings. The van der Waals surface area contributed by atoms with Crippen LogP contribution in [0.25, 0.3) is 0 Å². The molecule has 0 aromatic rings. The Morgan fingerprint density at radius 3 is 2.11 bits per heavy atom. The van der Waals surface area contributed by atoms with Crippen molar-refractivity contribution in [2.24, 2.45) is 23.2 Å². The van der Waals surface area contributed by atoms with E-state index in [1.807, 2.05) is 0 Å². The van der Waals surface area contributed by atoms with E-state index < -0.39 is 0 Å². The van der Waals surface area contributed by atoms with Crippen LogP contribution in [0.3, 0.4) is 0 Å². The molecule has 18 heavy (non-hydrogen) atoms. The molecular formula is C16H26N2. The summed E-state index contributed by atoms with van der Waals surface area (Å²) in [5, 5.41) is 8.84. The highest BCUT2D eigenvalue weighted by Gasteiger charge is 2.51. The zero-order valence-corrected chi connectivity index (χ0v) is 11.9. The van der Waals surface area contributed by atoms with Crippen LogP contribution in [0.1, 0.15) is 51.9 Å². The Morgan fingerprint density at radius 2 is 1.67 bits per heavy atom. The van der Waals surface area contributed by atoms with E-state index in [-0.39, 0.29) is 0 Å². The molecule has 4 bridgehead atoms. The van der Waals surface area contributed by atoms with Crippen molar-refractivity contribution in [3.8, 4) is 6.07 Å². The van der Waals surface area contributed by atoms with Crippen molar-refractivity contribution < 1.29 is 0 Å². The van der Waals surface area contributed by atoms with E-state index in [1.54, 1.807) is 0 Å². The third-order valence-corrected chi connectivity index (χ3v) is 5.89. The second kappa shape index (κ2) is 4.53. The van der Waals surface area contributed by atoms with Crippen molar-refractivity contribution in [2.75, 3.05) is 13.6 Å². The van der Waals surface area contributed by atoms with Crippen molar-refractivity contribution in [3.05, 3.63) is 0 Å². The van der Waals surface area contributed by atoms with Crippen molar-refractivity contribution in [2.45, 2.75) is 57.9 Å². The van der Waals surface area contributed by atoms with Gasteiger partial charge in [-0.05, 0) is 75.7 Å². The summed E-state index contributed by atoms with van der Waals surface area (Å²) < 4.78 is 0. The molecule has 4 rings (SSSR count). The van der Waals surface area contributed by atoms with E-state index in [0.717, 1.165) is 17.8 Å². The first kappa shape index (κ1) is 12.5. The number of nitrogens with zero attached hydrogens (tertiary/aromatic N) is 2. The van der Waals surface area contributed by atoms with Crippen LogP contribution in [-0.2, 0) is 0 Å². The molecule has 1 unspecified atom stereocenters. The Labute approximate surface area is 111 Å². The standard InChI is InChI=1S/C16H26N2/c1-12(3-4-17)18(2)11-16-8-13-5-14(9-16)7-15(6-13)10-16/h12-15H,3,5-11H2,1-2H3. The first-order valence-corrected chi connectivity index (χ1v) is 7.67. The van der Waals surface area contributed by atoms with Gasteiger partial charge in [0.05, 0.1) is 12.5 Å². The Balaban J connectivity index is 1.67. The Morgan fingerprint density at radius 1 is 1.17 bits per heavy atom. The molecule has 4 aliphatic carbocycles. The minimum Gasteiger partial charge on any atom is -0.302 e. The summed E-state index contributed by atoms with van der Waals surface area (Å²) in [4.78, 5) is 2.45. The quantitative estimate of drug-likeness (QED) is 0.760. The monoisotopic (exact) mass is 246 g/mol. The lowest BCUT2D eigenvalue weighted by Crippen LogP contribution is -2.51. The highest BCUT2D eigenvalue weighted by Crippen LogP contribution is 2.60. The normalized spacial score (nSPS) is 43.1. The van der Waals surface area contributed by atoms with Gasteiger partial charge < -0.3 is 4.90 Å². The maximum absolute atomic E-state index is 8.84. The minimum atomic E-state index is 0.419. The molecule has 1 atom stereocenters. The van der Waals surface area contributed by atoms with E-state index in [0.29, 0.717) is 17.9 Å². The summed E-state index contributed by atoms with van der Waals surface area (Å²) in [5.41, 5.74) is 0.618. The Hall–Kier alpha value is -0.550. The lowest BCUT2D eigenvalue weighted by molar-refractivity contribution is -0.0697. The van der Waals surface area contributed by atoms with Gasteiger partial charge in [0.2, 0.25) is 0 Å². The first-order chi connectivity index (χ1) is 8.60. The van der Waals surface area contributed by atoms with Gasteiger partial charge in [0.1, 0.15) is 0 Å². The smallest absolute Gasteiger partial charge is 0.0638 e. The zero-order valence-electron chi connectivity index (χ0n) is 11.9. The molecule has 0 N–H and O–H groups in total. The summed E-state index contributed by atoms with van der Waals surface area (Å²) in [7, 11) is 2.22. The van der Waals surface area contributed by atoms with Gasteiger partial charge >= 0.3 is 0 Å². The molecule has 0 aliphatic heterocycles. The highest BCUT2D eigenvalue weighted by atomic mass is 15.1. The molecule has 0 heterocycles. The summed E-state index contributed by atoms with van der Waals surface area (Å²) in [6.45, 7) is 3.43. The van der Waals surface area contributed by atoms with E-state index in [1.165, 1.54) is 45.1 Å². The average Bonchev–Trinajstić information content (AvgIpc) is 2.26. The lowest BCUT2D eigenvalue weighted by atomic mass is 9.49. The summed E-state index contributed by atoms with van der Waals surface area (Å²) >= 11 is 0. The molecule has 2 heteroatoms. The summed E-state index contributed by atoms with van der Waals surface area (Å²) in [6.07, 6.45) is 9.67. The van der Waals surface area contributed by atoms with Gasteiger partial charge in [-0.2, -0.15) is 5.26 Å². The first-order valence-electron chi connectivity index (χ1n) is 7.67. The molecule has 4 aliphatic rings. The van der Waals surface area contributed by atoms with Crippen LogP contribution < -0.4 is 0 Å². The van der Waals surface area contributed by atoms with Crippen LogP contribution in [0.2, 0.25) is 0 Å². The van der Waals surface area contributed by atoms with Crippen LogP contribution >= 0.6 is 0 Å². The Kier molecular flexibility index (Phi) is 3.14. The molecule has 2 nitrogen and oxygen atoms in total. The third-order valence-electron chi connectivity index (χ3n) is 5.89. The third kappa shape index (κ3) is 2.18. The predicted molar refractivity (Wildman–Crippen MR) is 72.9 cm³/mol. The van der Waals surface area contributed by atoms with Gasteiger partial charge in [-0.1, -0.05) is 0 Å². The van der Waals surface area contributed by atoms with Gasteiger partial charge in [-0.15, -0.1) is 0 Å². The predicted octanol–water partition coefficient (Wildman–Crippen LogP) is 3.44. The second-order valence-corrected chi connectivity index (χ2v) is 7.54. The fourth-order valence-electron chi connectivity index (χ4n) is 5.46. The Bertz CT molecular complexity index is 319. The van der Waals surface area contributed by atoms with Crippen LogP contribution in [-0.4, -0.2) is 24.5 Å². The van der Waals surface area contributed by atoms with Crippen LogP contribution in [0.5, 0.6) is 0 Å². The molecule has 0 aromatic heterocycles. The molecule has 0 spiro atoms. The van der Waals surface area contributed by atoms with Crippen molar-refractivity contribution in [1.29, 1.82) is 5.26 Å². The molecule has 4 saturated carbocycles. The van der Waals surface area contributed by atoms with Crippen molar-refractivity contribution >= 4 is 0 Å². The van der Waals surface area contributed by atoms with Gasteiger partial charge in [-0.25, -0.2) is 0 Å². The number of nitriles is 1. The fraction of sp³-hybridized carbons (Fsp3) is 0.938. The summed E-state index contributed by atoms with van der Waals surface area (Å²) in [5.74, 6) is 3.11. The van der Waals surface area contributed by atoms with Crippen LogP contribution in [0, 0.1) is 34.5 Å².